The summed E-state index contributed by atoms with van der Waals surface area (Å²) in [6, 6.07) is 0.302. The summed E-state index contributed by atoms with van der Waals surface area (Å²) < 4.78 is 5.11. The minimum atomic E-state index is 0.302. The van der Waals surface area contributed by atoms with Crippen LogP contribution in [0.3, 0.4) is 0 Å². The smallest absolute Gasteiger partial charge is 0.200 e. The number of methoxy groups -OCH3 is 1. The van der Waals surface area contributed by atoms with Gasteiger partial charge in [0.25, 0.3) is 0 Å². The number of nitrogens with one attached hydrogen (secondary N) is 2. The molecule has 0 saturated carbocycles. The maximum atomic E-state index is 5.11. The third-order valence-electron chi connectivity index (χ3n) is 1.97. The molecule has 0 bridgehead atoms. The van der Waals surface area contributed by atoms with E-state index in [-0.39, 0.29) is 0 Å². The van der Waals surface area contributed by atoms with Crippen molar-refractivity contribution in [2.45, 2.75) is 19.9 Å². The largest absolute Gasteiger partial charge is 0.383 e. The molecule has 2 N–H and O–H groups in total. The van der Waals surface area contributed by atoms with E-state index >= 15 is 0 Å². The van der Waals surface area contributed by atoms with Crippen molar-refractivity contribution in [3.8, 4) is 0 Å². The molecule has 0 saturated heterocycles. The Morgan fingerprint density at radius 3 is 2.85 bits per heavy atom. The van der Waals surface area contributed by atoms with Gasteiger partial charge in [0, 0.05) is 19.5 Å². The predicted molar refractivity (Wildman–Crippen MR) is 52.7 cm³/mol. The van der Waals surface area contributed by atoms with Crippen molar-refractivity contribution in [2.75, 3.05) is 19.0 Å². The van der Waals surface area contributed by atoms with Crippen LogP contribution in [0.15, 0.2) is 12.4 Å². The monoisotopic (exact) mass is 183 g/mol. The fourth-order valence-corrected chi connectivity index (χ4v) is 1.10. The zero-order valence-corrected chi connectivity index (χ0v) is 8.37. The standard InChI is InChI=1S/C9H17N3O/c1-7(2)8(6-13-3)12-9-10-4-5-11-9/h4-5,7-8H,6H2,1-3H3,(H2,10,11,12). The average Bonchev–Trinajstić information content (AvgIpc) is 2.56. The number of ether oxygens (including phenoxy) is 1. The molecule has 0 aromatic carbocycles. The van der Waals surface area contributed by atoms with Gasteiger partial charge in [-0.2, -0.15) is 0 Å². The van der Waals surface area contributed by atoms with Gasteiger partial charge in [0.2, 0.25) is 0 Å². The number of aromatic amines is 1. The van der Waals surface area contributed by atoms with E-state index < -0.39 is 0 Å². The number of nitrogens with zero attached hydrogens (tertiary/aromatic N) is 1. The summed E-state index contributed by atoms with van der Waals surface area (Å²) in [6.45, 7) is 5.00. The van der Waals surface area contributed by atoms with E-state index in [9.17, 15) is 0 Å². The first kappa shape index (κ1) is 10.1. The van der Waals surface area contributed by atoms with Crippen LogP contribution in [-0.2, 0) is 4.74 Å². The van der Waals surface area contributed by atoms with Crippen LogP contribution in [0.1, 0.15) is 13.8 Å². The topological polar surface area (TPSA) is 49.9 Å². The van der Waals surface area contributed by atoms with Crippen LogP contribution < -0.4 is 5.32 Å². The molecule has 1 atom stereocenters. The zero-order valence-electron chi connectivity index (χ0n) is 8.37. The normalized spacial score (nSPS) is 13.2. The van der Waals surface area contributed by atoms with Gasteiger partial charge in [-0.1, -0.05) is 13.8 Å². The zero-order chi connectivity index (χ0) is 9.68. The van der Waals surface area contributed by atoms with E-state index in [4.69, 9.17) is 4.74 Å². The number of hydrogen-bond acceptors (Lipinski definition) is 3. The first-order valence-electron chi connectivity index (χ1n) is 4.49. The van der Waals surface area contributed by atoms with Crippen molar-refractivity contribution in [3.63, 3.8) is 0 Å². The van der Waals surface area contributed by atoms with Crippen LogP contribution in [0.2, 0.25) is 0 Å². The van der Waals surface area contributed by atoms with Gasteiger partial charge in [-0.05, 0) is 5.92 Å². The summed E-state index contributed by atoms with van der Waals surface area (Å²) in [5.41, 5.74) is 0. The molecule has 74 valence electrons. The van der Waals surface area contributed by atoms with Gasteiger partial charge in [-0.15, -0.1) is 0 Å². The van der Waals surface area contributed by atoms with Crippen molar-refractivity contribution < 1.29 is 4.74 Å². The quantitative estimate of drug-likeness (QED) is 0.727. The van der Waals surface area contributed by atoms with E-state index in [0.717, 1.165) is 5.95 Å². The summed E-state index contributed by atoms with van der Waals surface area (Å²) >= 11 is 0. The van der Waals surface area contributed by atoms with Crippen LogP contribution in [0.4, 0.5) is 5.95 Å². The summed E-state index contributed by atoms with van der Waals surface area (Å²) in [4.78, 5) is 7.10. The number of imidazole rings is 1. The minimum Gasteiger partial charge on any atom is -0.383 e. The maximum Gasteiger partial charge on any atom is 0.200 e. The summed E-state index contributed by atoms with van der Waals surface area (Å²) in [5, 5.41) is 3.27. The highest BCUT2D eigenvalue weighted by Gasteiger charge is 2.13. The molecule has 4 nitrogen and oxygen atoms in total. The van der Waals surface area contributed by atoms with Gasteiger partial charge in [-0.25, -0.2) is 4.98 Å². The number of hydrogen-bond donors (Lipinski definition) is 2. The van der Waals surface area contributed by atoms with Crippen LogP contribution in [0.5, 0.6) is 0 Å². The molecule has 1 rings (SSSR count). The Balaban J connectivity index is 2.47. The van der Waals surface area contributed by atoms with Crippen LogP contribution in [0, 0.1) is 5.92 Å². The second-order valence-electron chi connectivity index (χ2n) is 3.39. The Morgan fingerprint density at radius 2 is 2.38 bits per heavy atom. The molecular formula is C9H17N3O. The predicted octanol–water partition coefficient (Wildman–Crippen LogP) is 1.49. The second-order valence-corrected chi connectivity index (χ2v) is 3.39. The molecule has 0 fully saturated rings. The molecule has 1 aromatic heterocycles. The van der Waals surface area contributed by atoms with E-state index in [0.29, 0.717) is 18.6 Å². The Hall–Kier alpha value is -1.03. The highest BCUT2D eigenvalue weighted by Crippen LogP contribution is 2.07. The molecule has 1 aromatic rings. The molecule has 13 heavy (non-hydrogen) atoms. The SMILES string of the molecule is COCC(Nc1ncc[nH]1)C(C)C. The second kappa shape index (κ2) is 4.87. The molecule has 1 unspecified atom stereocenters. The highest BCUT2D eigenvalue weighted by molar-refractivity contribution is 5.24. The molecule has 0 aliphatic heterocycles. The lowest BCUT2D eigenvalue weighted by Gasteiger charge is -2.20. The lowest BCUT2D eigenvalue weighted by Crippen LogP contribution is -2.30. The van der Waals surface area contributed by atoms with Crippen molar-refractivity contribution >= 4 is 5.95 Å². The van der Waals surface area contributed by atoms with Gasteiger partial charge in [0.1, 0.15) is 0 Å². The van der Waals surface area contributed by atoms with Gasteiger partial charge < -0.3 is 15.0 Å². The molecule has 0 aliphatic carbocycles. The molecule has 4 heteroatoms. The number of aromatic nitrogens is 2. The van der Waals surface area contributed by atoms with Crippen LogP contribution in [-0.4, -0.2) is 29.7 Å². The number of H-pyrrole nitrogens is 1. The Kier molecular flexibility index (Phi) is 3.76. The third-order valence-corrected chi connectivity index (χ3v) is 1.97. The highest BCUT2D eigenvalue weighted by atomic mass is 16.5. The first-order valence-corrected chi connectivity index (χ1v) is 4.49. The van der Waals surface area contributed by atoms with Crippen molar-refractivity contribution in [2.24, 2.45) is 5.92 Å². The third kappa shape index (κ3) is 3.06. The summed E-state index contributed by atoms with van der Waals surface area (Å²) in [7, 11) is 1.71. The van der Waals surface area contributed by atoms with Gasteiger partial charge in [-0.3, -0.25) is 0 Å². The Labute approximate surface area is 78.7 Å². The molecule has 0 spiro atoms. The molecular weight excluding hydrogens is 166 g/mol. The van der Waals surface area contributed by atoms with Gasteiger partial charge in [0.05, 0.1) is 12.6 Å². The average molecular weight is 183 g/mol. The Morgan fingerprint density at radius 1 is 1.62 bits per heavy atom. The fraction of sp³-hybridized carbons (Fsp3) is 0.667. The molecule has 1 heterocycles. The van der Waals surface area contributed by atoms with E-state index in [1.54, 1.807) is 19.5 Å². The lowest BCUT2D eigenvalue weighted by molar-refractivity contribution is 0.171. The van der Waals surface area contributed by atoms with Crippen molar-refractivity contribution in [1.29, 1.82) is 0 Å². The van der Waals surface area contributed by atoms with Crippen LogP contribution >= 0.6 is 0 Å². The fourth-order valence-electron chi connectivity index (χ4n) is 1.10. The van der Waals surface area contributed by atoms with E-state index in [1.807, 2.05) is 0 Å². The van der Waals surface area contributed by atoms with Gasteiger partial charge in [0.15, 0.2) is 5.95 Å². The number of anilines is 1. The van der Waals surface area contributed by atoms with E-state index in [1.165, 1.54) is 0 Å². The molecule has 0 amide bonds. The summed E-state index contributed by atoms with van der Waals surface area (Å²) in [5.74, 6) is 1.32. The number of rotatable bonds is 5. The lowest BCUT2D eigenvalue weighted by atomic mass is 10.1. The summed E-state index contributed by atoms with van der Waals surface area (Å²) in [6.07, 6.45) is 3.53. The van der Waals surface area contributed by atoms with Crippen molar-refractivity contribution in [1.82, 2.24) is 9.97 Å². The van der Waals surface area contributed by atoms with E-state index in [2.05, 4.69) is 29.1 Å². The maximum absolute atomic E-state index is 5.11. The van der Waals surface area contributed by atoms with Gasteiger partial charge >= 0.3 is 0 Å². The first-order chi connectivity index (χ1) is 6.24. The molecule has 0 aliphatic rings. The Bertz CT molecular complexity index is 221. The molecule has 0 radical (unpaired) electrons. The van der Waals surface area contributed by atoms with Crippen molar-refractivity contribution in [3.05, 3.63) is 12.4 Å². The minimum absolute atomic E-state index is 0.302. The van der Waals surface area contributed by atoms with Crippen LogP contribution in [0.25, 0.3) is 0 Å².